The molecule has 0 bridgehead atoms. The highest BCUT2D eigenvalue weighted by Gasteiger charge is 2.20. The molecule has 0 radical (unpaired) electrons. The number of hydrogen-bond acceptors (Lipinski definition) is 2. The van der Waals surface area contributed by atoms with Crippen molar-refractivity contribution in [2.24, 2.45) is 0 Å². The number of rotatable bonds is 1. The molecule has 1 aliphatic heterocycles. The van der Waals surface area contributed by atoms with Gasteiger partial charge < -0.3 is 10.6 Å². The number of nitrogens with one attached hydrogen (secondary N) is 2. The average molecular weight is 200 g/mol. The van der Waals surface area contributed by atoms with E-state index in [2.05, 4.69) is 10.6 Å². The lowest BCUT2D eigenvalue weighted by atomic mass is 10.1. The van der Waals surface area contributed by atoms with Crippen LogP contribution in [0.25, 0.3) is 0 Å². The Labute approximate surface area is 85.4 Å². The molecule has 82 valence electrons. The maximum absolute atomic E-state index is 11.2. The molecule has 2 amide bonds. The lowest BCUT2D eigenvalue weighted by molar-refractivity contribution is -0.127. The van der Waals surface area contributed by atoms with Crippen molar-refractivity contribution in [2.75, 3.05) is 6.54 Å². The van der Waals surface area contributed by atoms with E-state index < -0.39 is 0 Å². The largest absolute Gasteiger partial charge is 0.354 e. The van der Waals surface area contributed by atoms with E-state index in [1.54, 1.807) is 0 Å². The van der Waals surface area contributed by atoms with Crippen LogP contribution >= 0.6 is 0 Å². The third-order valence-electron chi connectivity index (χ3n) is 1.91. The highest BCUT2D eigenvalue weighted by Crippen LogP contribution is 2.04. The van der Waals surface area contributed by atoms with Crippen LogP contribution in [0, 0.1) is 0 Å². The van der Waals surface area contributed by atoms with Crippen molar-refractivity contribution in [1.82, 2.24) is 10.6 Å². The monoisotopic (exact) mass is 200 g/mol. The van der Waals surface area contributed by atoms with Crippen LogP contribution in [0.5, 0.6) is 0 Å². The van der Waals surface area contributed by atoms with Gasteiger partial charge in [0.2, 0.25) is 11.8 Å². The quantitative estimate of drug-likeness (QED) is 0.658. The van der Waals surface area contributed by atoms with Crippen LogP contribution in [0.1, 0.15) is 40.0 Å². The molecule has 4 heteroatoms. The molecule has 0 aliphatic carbocycles. The van der Waals surface area contributed by atoms with Crippen molar-refractivity contribution in [1.29, 1.82) is 0 Å². The van der Waals surface area contributed by atoms with Gasteiger partial charge in [-0.25, -0.2) is 0 Å². The topological polar surface area (TPSA) is 58.2 Å². The van der Waals surface area contributed by atoms with E-state index >= 15 is 0 Å². The van der Waals surface area contributed by atoms with Gasteiger partial charge >= 0.3 is 0 Å². The number of carbonyl (C=O) groups is 2. The summed E-state index contributed by atoms with van der Waals surface area (Å²) in [6, 6.07) is -0.315. The van der Waals surface area contributed by atoms with Crippen LogP contribution in [0.2, 0.25) is 0 Å². The van der Waals surface area contributed by atoms with Gasteiger partial charge in [0.1, 0.15) is 6.04 Å². The van der Waals surface area contributed by atoms with Crippen molar-refractivity contribution in [3.63, 3.8) is 0 Å². The number of amides is 2. The molecular formula is C10H20N2O2. The predicted octanol–water partition coefficient (Wildman–Crippen LogP) is 0.817. The van der Waals surface area contributed by atoms with Crippen molar-refractivity contribution < 1.29 is 9.59 Å². The molecule has 1 atom stereocenters. The summed E-state index contributed by atoms with van der Waals surface area (Å²) in [6.07, 6.45) is 2.75. The van der Waals surface area contributed by atoms with Crippen molar-refractivity contribution in [2.45, 2.75) is 46.1 Å². The Kier molecular flexibility index (Phi) is 6.80. The van der Waals surface area contributed by atoms with Crippen molar-refractivity contribution in [3.05, 3.63) is 0 Å². The highest BCUT2D eigenvalue weighted by atomic mass is 16.2. The normalized spacial score (nSPS) is 21.1. The molecule has 0 aromatic rings. The van der Waals surface area contributed by atoms with Gasteiger partial charge in [0, 0.05) is 13.5 Å². The Morgan fingerprint density at radius 2 is 2.07 bits per heavy atom. The summed E-state index contributed by atoms with van der Waals surface area (Å²) in [5, 5.41) is 5.37. The van der Waals surface area contributed by atoms with Crippen LogP contribution in [0.4, 0.5) is 0 Å². The van der Waals surface area contributed by atoms with Crippen LogP contribution in [-0.4, -0.2) is 24.4 Å². The van der Waals surface area contributed by atoms with Gasteiger partial charge in [0.15, 0.2) is 0 Å². The SMILES string of the molecule is CC.CC(=O)NC1CCCCNC1=O. The smallest absolute Gasteiger partial charge is 0.242 e. The first-order valence-corrected chi connectivity index (χ1v) is 5.25. The molecule has 14 heavy (non-hydrogen) atoms. The minimum Gasteiger partial charge on any atom is -0.354 e. The molecule has 1 aliphatic rings. The molecular weight excluding hydrogens is 180 g/mol. The summed E-state index contributed by atoms with van der Waals surface area (Å²) in [5.41, 5.74) is 0. The van der Waals surface area contributed by atoms with Gasteiger partial charge in [-0.05, 0) is 19.3 Å². The first kappa shape index (κ1) is 12.9. The maximum Gasteiger partial charge on any atom is 0.242 e. The molecule has 4 nitrogen and oxygen atoms in total. The second-order valence-electron chi connectivity index (χ2n) is 3.04. The van der Waals surface area contributed by atoms with E-state index in [0.717, 1.165) is 25.8 Å². The second kappa shape index (κ2) is 7.35. The number of carbonyl (C=O) groups excluding carboxylic acids is 2. The Morgan fingerprint density at radius 3 is 2.64 bits per heavy atom. The molecule has 1 unspecified atom stereocenters. The summed E-state index contributed by atoms with van der Waals surface area (Å²) in [6.45, 7) is 6.16. The Bertz CT molecular complexity index is 193. The lowest BCUT2D eigenvalue weighted by Crippen LogP contribution is -2.44. The molecule has 0 spiro atoms. The van der Waals surface area contributed by atoms with Gasteiger partial charge in [0.05, 0.1) is 0 Å². The molecule has 1 rings (SSSR count). The summed E-state index contributed by atoms with van der Waals surface area (Å²) >= 11 is 0. The Balaban J connectivity index is 0.000000791. The lowest BCUT2D eigenvalue weighted by Gasteiger charge is -2.12. The van der Waals surface area contributed by atoms with E-state index in [1.165, 1.54) is 6.92 Å². The van der Waals surface area contributed by atoms with E-state index in [0.29, 0.717) is 0 Å². The van der Waals surface area contributed by atoms with Crippen LogP contribution in [0.15, 0.2) is 0 Å². The van der Waals surface area contributed by atoms with E-state index in [4.69, 9.17) is 0 Å². The molecule has 1 heterocycles. The average Bonchev–Trinajstić information content (AvgIpc) is 2.35. The van der Waals surface area contributed by atoms with Gasteiger partial charge in [-0.2, -0.15) is 0 Å². The first-order chi connectivity index (χ1) is 6.70. The summed E-state index contributed by atoms with van der Waals surface area (Å²) < 4.78 is 0. The zero-order valence-electron chi connectivity index (χ0n) is 9.22. The van der Waals surface area contributed by atoms with Crippen molar-refractivity contribution >= 4 is 11.8 Å². The minimum atomic E-state index is -0.315. The summed E-state index contributed by atoms with van der Waals surface area (Å²) in [7, 11) is 0. The highest BCUT2D eigenvalue weighted by molar-refractivity contribution is 5.86. The molecule has 0 aromatic carbocycles. The fourth-order valence-electron chi connectivity index (χ4n) is 1.32. The van der Waals surface area contributed by atoms with E-state index in [-0.39, 0.29) is 17.9 Å². The van der Waals surface area contributed by atoms with Gasteiger partial charge in [-0.3, -0.25) is 9.59 Å². The zero-order chi connectivity index (χ0) is 11.0. The molecule has 1 saturated heterocycles. The summed E-state index contributed by atoms with van der Waals surface area (Å²) in [5.74, 6) is -0.195. The van der Waals surface area contributed by atoms with Crippen LogP contribution in [-0.2, 0) is 9.59 Å². The molecule has 1 fully saturated rings. The third-order valence-corrected chi connectivity index (χ3v) is 1.91. The van der Waals surface area contributed by atoms with Crippen LogP contribution < -0.4 is 10.6 Å². The minimum absolute atomic E-state index is 0.0531. The predicted molar refractivity (Wildman–Crippen MR) is 55.8 cm³/mol. The first-order valence-electron chi connectivity index (χ1n) is 5.25. The van der Waals surface area contributed by atoms with E-state index in [1.807, 2.05) is 13.8 Å². The standard InChI is InChI=1S/C8H14N2O2.C2H6/c1-6(11)10-7-4-2-3-5-9-8(7)12;1-2/h7H,2-5H2,1H3,(H,9,12)(H,10,11);1-2H3. The fourth-order valence-corrected chi connectivity index (χ4v) is 1.32. The maximum atomic E-state index is 11.2. The molecule has 0 saturated carbocycles. The van der Waals surface area contributed by atoms with Crippen LogP contribution in [0.3, 0.4) is 0 Å². The van der Waals surface area contributed by atoms with Crippen molar-refractivity contribution in [3.8, 4) is 0 Å². The number of hydrogen-bond donors (Lipinski definition) is 2. The summed E-state index contributed by atoms with van der Waals surface area (Å²) in [4.78, 5) is 21.9. The van der Waals surface area contributed by atoms with Gasteiger partial charge in [-0.15, -0.1) is 0 Å². The van der Waals surface area contributed by atoms with Gasteiger partial charge in [-0.1, -0.05) is 13.8 Å². The zero-order valence-corrected chi connectivity index (χ0v) is 9.22. The van der Waals surface area contributed by atoms with Gasteiger partial charge in [0.25, 0.3) is 0 Å². The fraction of sp³-hybridized carbons (Fsp3) is 0.800. The van der Waals surface area contributed by atoms with E-state index in [9.17, 15) is 9.59 Å². The molecule has 0 aromatic heterocycles. The Hall–Kier alpha value is -1.06. The second-order valence-corrected chi connectivity index (χ2v) is 3.04. The molecule has 2 N–H and O–H groups in total. The Morgan fingerprint density at radius 1 is 1.43 bits per heavy atom. The third kappa shape index (κ3) is 4.84.